The largest absolute Gasteiger partial charge is 0.396 e. The summed E-state index contributed by atoms with van der Waals surface area (Å²) in [7, 11) is 0. The zero-order chi connectivity index (χ0) is 17.6. The maximum Gasteiger partial charge on any atom is 0.253 e. The van der Waals surface area contributed by atoms with Gasteiger partial charge in [0, 0.05) is 44.9 Å². The number of hydrogen-bond donors (Lipinski definition) is 1. The molecule has 0 saturated carbocycles. The molecule has 3 rings (SSSR count). The average molecular weight is 343 g/mol. The van der Waals surface area contributed by atoms with Crippen molar-refractivity contribution in [3.05, 3.63) is 35.4 Å². The molecule has 2 aliphatic rings. The smallest absolute Gasteiger partial charge is 0.253 e. The average Bonchev–Trinajstić information content (AvgIpc) is 2.68. The summed E-state index contributed by atoms with van der Waals surface area (Å²) in [5.41, 5.74) is 1.04. The summed E-state index contributed by atoms with van der Waals surface area (Å²) in [6.45, 7) is 5.69. The zero-order valence-electron chi connectivity index (χ0n) is 14.4. The highest BCUT2D eigenvalue weighted by molar-refractivity contribution is 5.94. The Bertz CT molecular complexity index is 637. The highest BCUT2D eigenvalue weighted by Gasteiger charge is 2.31. The van der Waals surface area contributed by atoms with E-state index in [0.717, 1.165) is 39.3 Å². The third kappa shape index (κ3) is 4.57. The second-order valence-corrected chi connectivity index (χ2v) is 6.97. The molecule has 2 aliphatic heterocycles. The number of nitrogens with zero attached hydrogens (tertiary/aromatic N) is 3. The number of likely N-dealkylation sites (tertiary alicyclic amines) is 1. The van der Waals surface area contributed by atoms with E-state index in [1.807, 2.05) is 4.90 Å². The van der Waals surface area contributed by atoms with Gasteiger partial charge in [0.1, 0.15) is 0 Å². The molecule has 134 valence electrons. The maximum absolute atomic E-state index is 12.9. The first-order valence-corrected chi connectivity index (χ1v) is 8.90. The van der Waals surface area contributed by atoms with Gasteiger partial charge >= 0.3 is 0 Å². The second-order valence-electron chi connectivity index (χ2n) is 6.97. The van der Waals surface area contributed by atoms with Crippen LogP contribution in [0.3, 0.4) is 0 Å². The van der Waals surface area contributed by atoms with Crippen molar-refractivity contribution in [2.24, 2.45) is 11.8 Å². The van der Waals surface area contributed by atoms with E-state index in [1.54, 1.807) is 24.3 Å². The van der Waals surface area contributed by atoms with Crippen molar-refractivity contribution in [1.29, 1.82) is 5.26 Å². The number of ether oxygens (including phenoxy) is 1. The number of piperidine rings is 1. The van der Waals surface area contributed by atoms with E-state index in [1.165, 1.54) is 0 Å². The SMILES string of the molecule is N#Cc1cccc(C(=O)N2C[C@H](CO)C[C@H](CN3CCOCC3)C2)c1. The lowest BCUT2D eigenvalue weighted by Gasteiger charge is -2.40. The molecule has 0 aromatic heterocycles. The Kier molecular flexibility index (Phi) is 6.03. The van der Waals surface area contributed by atoms with Crippen molar-refractivity contribution in [3.63, 3.8) is 0 Å². The lowest BCUT2D eigenvalue weighted by atomic mass is 9.88. The van der Waals surface area contributed by atoms with E-state index in [0.29, 0.717) is 30.1 Å². The molecular weight excluding hydrogens is 318 g/mol. The van der Waals surface area contributed by atoms with Crippen molar-refractivity contribution < 1.29 is 14.6 Å². The van der Waals surface area contributed by atoms with Crippen LogP contribution in [-0.4, -0.2) is 73.4 Å². The number of hydrogen-bond acceptors (Lipinski definition) is 5. The monoisotopic (exact) mass is 343 g/mol. The highest BCUT2D eigenvalue weighted by Crippen LogP contribution is 2.24. The molecule has 25 heavy (non-hydrogen) atoms. The molecule has 0 aliphatic carbocycles. The first-order valence-electron chi connectivity index (χ1n) is 8.90. The lowest BCUT2D eigenvalue weighted by Crippen LogP contribution is -2.49. The van der Waals surface area contributed by atoms with Gasteiger partial charge in [-0.2, -0.15) is 5.26 Å². The van der Waals surface area contributed by atoms with Crippen LogP contribution in [0.5, 0.6) is 0 Å². The molecule has 1 amide bonds. The molecule has 1 N–H and O–H groups in total. The number of morpholine rings is 1. The van der Waals surface area contributed by atoms with Crippen LogP contribution in [0.2, 0.25) is 0 Å². The minimum atomic E-state index is -0.0535. The number of benzene rings is 1. The van der Waals surface area contributed by atoms with Crippen LogP contribution in [-0.2, 0) is 4.74 Å². The van der Waals surface area contributed by atoms with E-state index in [-0.39, 0.29) is 18.4 Å². The van der Waals surface area contributed by atoms with Gasteiger partial charge < -0.3 is 14.7 Å². The molecule has 0 radical (unpaired) electrons. The van der Waals surface area contributed by atoms with E-state index in [2.05, 4.69) is 11.0 Å². The van der Waals surface area contributed by atoms with Crippen LogP contribution in [0, 0.1) is 23.2 Å². The minimum absolute atomic E-state index is 0.0535. The molecule has 2 atom stereocenters. The summed E-state index contributed by atoms with van der Waals surface area (Å²) in [6, 6.07) is 8.91. The molecule has 2 heterocycles. The number of amides is 1. The van der Waals surface area contributed by atoms with Crippen molar-refractivity contribution in [3.8, 4) is 6.07 Å². The second kappa shape index (κ2) is 8.43. The van der Waals surface area contributed by atoms with E-state index in [4.69, 9.17) is 10.00 Å². The van der Waals surface area contributed by atoms with Crippen molar-refractivity contribution in [1.82, 2.24) is 9.80 Å². The summed E-state index contributed by atoms with van der Waals surface area (Å²) in [6.07, 6.45) is 0.940. The molecule has 2 fully saturated rings. The van der Waals surface area contributed by atoms with Crippen molar-refractivity contribution in [2.45, 2.75) is 6.42 Å². The Labute approximate surface area is 148 Å². The predicted octanol–water partition coefficient (Wildman–Crippen LogP) is 0.961. The fourth-order valence-corrected chi connectivity index (χ4v) is 3.80. The van der Waals surface area contributed by atoms with Crippen LogP contribution >= 0.6 is 0 Å². The van der Waals surface area contributed by atoms with Crippen LogP contribution in [0.1, 0.15) is 22.3 Å². The van der Waals surface area contributed by atoms with Crippen LogP contribution in [0.15, 0.2) is 24.3 Å². The fourth-order valence-electron chi connectivity index (χ4n) is 3.80. The predicted molar refractivity (Wildman–Crippen MR) is 93.0 cm³/mol. The van der Waals surface area contributed by atoms with E-state index < -0.39 is 0 Å². The van der Waals surface area contributed by atoms with Crippen molar-refractivity contribution >= 4 is 5.91 Å². The van der Waals surface area contributed by atoms with Crippen molar-refractivity contribution in [2.75, 3.05) is 52.5 Å². The first kappa shape index (κ1) is 17.9. The molecule has 0 unspecified atom stereocenters. The number of carbonyl (C=O) groups excluding carboxylic acids is 1. The lowest BCUT2D eigenvalue weighted by molar-refractivity contribution is 0.0130. The van der Waals surface area contributed by atoms with Gasteiger partial charge in [0.05, 0.1) is 24.8 Å². The number of aliphatic hydroxyl groups is 1. The van der Waals surface area contributed by atoms with Gasteiger partial charge in [-0.15, -0.1) is 0 Å². The van der Waals surface area contributed by atoms with E-state index >= 15 is 0 Å². The van der Waals surface area contributed by atoms with Gasteiger partial charge in [0.15, 0.2) is 0 Å². The summed E-state index contributed by atoms with van der Waals surface area (Å²) in [5.74, 6) is 0.414. The van der Waals surface area contributed by atoms with Crippen LogP contribution in [0.25, 0.3) is 0 Å². The number of nitriles is 1. The van der Waals surface area contributed by atoms with Gasteiger partial charge in [-0.1, -0.05) is 6.07 Å². The summed E-state index contributed by atoms with van der Waals surface area (Å²) >= 11 is 0. The third-order valence-electron chi connectivity index (χ3n) is 5.03. The van der Waals surface area contributed by atoms with Gasteiger partial charge in [-0.25, -0.2) is 0 Å². The molecular formula is C19H25N3O3. The minimum Gasteiger partial charge on any atom is -0.396 e. The summed E-state index contributed by atoms with van der Waals surface area (Å²) in [4.78, 5) is 17.1. The highest BCUT2D eigenvalue weighted by atomic mass is 16.5. The topological polar surface area (TPSA) is 76.8 Å². The summed E-state index contributed by atoms with van der Waals surface area (Å²) in [5, 5.41) is 18.7. The fraction of sp³-hybridized carbons (Fsp3) is 0.579. The van der Waals surface area contributed by atoms with Gasteiger partial charge in [-0.05, 0) is 36.5 Å². The molecule has 6 heteroatoms. The molecule has 1 aromatic rings. The van der Waals surface area contributed by atoms with Gasteiger partial charge in [0.25, 0.3) is 5.91 Å². The Morgan fingerprint density at radius 2 is 2.04 bits per heavy atom. The standard InChI is InChI=1S/C19H25N3O3/c20-10-15-2-1-3-18(9-15)19(24)22-12-16(8-17(13-22)14-23)11-21-4-6-25-7-5-21/h1-3,9,16-17,23H,4-8,11-14H2/t16-,17-/m1/s1. The molecule has 2 saturated heterocycles. The zero-order valence-corrected chi connectivity index (χ0v) is 14.4. The molecule has 0 spiro atoms. The Morgan fingerprint density at radius 3 is 2.76 bits per heavy atom. The first-order chi connectivity index (χ1) is 12.2. The van der Waals surface area contributed by atoms with Gasteiger partial charge in [0.2, 0.25) is 0 Å². The quantitative estimate of drug-likeness (QED) is 0.881. The maximum atomic E-state index is 12.9. The number of carbonyl (C=O) groups is 1. The Hall–Kier alpha value is -1.94. The summed E-state index contributed by atoms with van der Waals surface area (Å²) < 4.78 is 5.40. The Balaban J connectivity index is 1.68. The molecule has 6 nitrogen and oxygen atoms in total. The normalized spacial score (nSPS) is 24.7. The van der Waals surface area contributed by atoms with E-state index in [9.17, 15) is 9.90 Å². The van der Waals surface area contributed by atoms with Gasteiger partial charge in [-0.3, -0.25) is 9.69 Å². The number of aliphatic hydroxyl groups excluding tert-OH is 1. The van der Waals surface area contributed by atoms with Crippen LogP contribution < -0.4 is 0 Å². The third-order valence-corrected chi connectivity index (χ3v) is 5.03. The molecule has 1 aromatic carbocycles. The van der Waals surface area contributed by atoms with Crippen LogP contribution in [0.4, 0.5) is 0 Å². The Morgan fingerprint density at radius 1 is 1.28 bits per heavy atom. The molecule has 0 bridgehead atoms. The number of rotatable bonds is 4.